The number of hydrogen-bond donors (Lipinski definition) is 3. The van der Waals surface area contributed by atoms with Gasteiger partial charge in [-0.3, -0.25) is 25.2 Å². The van der Waals surface area contributed by atoms with E-state index in [1.165, 1.54) is 13.2 Å². The van der Waals surface area contributed by atoms with Crippen LogP contribution < -0.4 is 20.9 Å². The van der Waals surface area contributed by atoms with E-state index in [9.17, 15) is 14.4 Å². The lowest BCUT2D eigenvalue weighted by atomic mass is 10.1. The second kappa shape index (κ2) is 10.4. The van der Waals surface area contributed by atoms with Crippen molar-refractivity contribution in [3.63, 3.8) is 0 Å². The molecule has 3 aromatic carbocycles. The Balaban J connectivity index is 1.82. The topological polar surface area (TPSA) is 96.5 Å². The van der Waals surface area contributed by atoms with Crippen molar-refractivity contribution >= 4 is 23.8 Å². The first-order valence-electron chi connectivity index (χ1n) is 9.45. The lowest BCUT2D eigenvalue weighted by Gasteiger charge is -2.13. The number of carbonyl (C=O) groups excluding carboxylic acids is 3. The van der Waals surface area contributed by atoms with Crippen molar-refractivity contribution in [1.29, 1.82) is 0 Å². The van der Waals surface area contributed by atoms with E-state index in [0.717, 1.165) is 0 Å². The van der Waals surface area contributed by atoms with Crippen molar-refractivity contribution in [2.75, 3.05) is 7.11 Å². The second-order valence-electron chi connectivity index (χ2n) is 6.39. The molecule has 0 atom stereocenters. The third-order valence-corrected chi connectivity index (χ3v) is 4.29. The molecule has 0 aliphatic heterocycles. The average Bonchev–Trinajstić information content (AvgIpc) is 2.83. The number of carbonyl (C=O) groups is 3. The lowest BCUT2D eigenvalue weighted by Crippen LogP contribution is -2.45. The predicted octanol–water partition coefficient (Wildman–Crippen LogP) is 2.93. The summed E-state index contributed by atoms with van der Waals surface area (Å²) in [5.74, 6) is -1.12. The standard InChI is InChI=1S/C24H21N3O4/c1-31-21-15-9-8-14-19(21)16-20(25-22(28)17-10-4-2-5-11-17)24(30)27-26-23(29)18-12-6-3-7-13-18/h2-16H,1H3,(H,25,28)(H,26,29)(H,27,30). The summed E-state index contributed by atoms with van der Waals surface area (Å²) in [6, 6.07) is 24.0. The summed E-state index contributed by atoms with van der Waals surface area (Å²) in [5.41, 5.74) is 5.96. The van der Waals surface area contributed by atoms with Gasteiger partial charge in [0.05, 0.1) is 7.11 Å². The van der Waals surface area contributed by atoms with E-state index in [4.69, 9.17) is 4.74 Å². The number of methoxy groups -OCH3 is 1. The Bertz CT molecular complexity index is 1100. The summed E-state index contributed by atoms with van der Waals surface area (Å²) in [6.07, 6.45) is 1.48. The third kappa shape index (κ3) is 5.80. The fourth-order valence-corrected chi connectivity index (χ4v) is 2.73. The first kappa shape index (κ1) is 21.3. The minimum Gasteiger partial charge on any atom is -0.496 e. The van der Waals surface area contributed by atoms with Crippen LogP contribution in [0.2, 0.25) is 0 Å². The van der Waals surface area contributed by atoms with E-state index < -0.39 is 17.7 Å². The highest BCUT2D eigenvalue weighted by molar-refractivity contribution is 6.06. The second-order valence-corrected chi connectivity index (χ2v) is 6.39. The molecule has 0 radical (unpaired) electrons. The number of rotatable bonds is 6. The van der Waals surface area contributed by atoms with Gasteiger partial charge in [-0.15, -0.1) is 0 Å². The Morgan fingerprint density at radius 2 is 1.26 bits per heavy atom. The molecule has 156 valence electrons. The minimum atomic E-state index is -0.695. The molecule has 0 aromatic heterocycles. The van der Waals surface area contributed by atoms with Gasteiger partial charge in [0.25, 0.3) is 17.7 Å². The van der Waals surface area contributed by atoms with Crippen molar-refractivity contribution in [3.8, 4) is 5.75 Å². The quantitative estimate of drug-likeness (QED) is 0.426. The summed E-state index contributed by atoms with van der Waals surface area (Å²) in [6.45, 7) is 0. The largest absolute Gasteiger partial charge is 0.496 e. The molecule has 3 amide bonds. The number of hydrazine groups is 1. The van der Waals surface area contributed by atoms with E-state index in [1.807, 2.05) is 0 Å². The summed E-state index contributed by atoms with van der Waals surface area (Å²) in [4.78, 5) is 37.6. The van der Waals surface area contributed by atoms with Crippen molar-refractivity contribution < 1.29 is 19.1 Å². The smallest absolute Gasteiger partial charge is 0.286 e. The fourth-order valence-electron chi connectivity index (χ4n) is 2.73. The van der Waals surface area contributed by atoms with Crippen LogP contribution in [-0.2, 0) is 4.79 Å². The van der Waals surface area contributed by atoms with E-state index in [2.05, 4.69) is 16.2 Å². The van der Waals surface area contributed by atoms with E-state index in [1.54, 1.807) is 84.9 Å². The normalized spacial score (nSPS) is 10.7. The summed E-state index contributed by atoms with van der Waals surface area (Å²) in [7, 11) is 1.51. The predicted molar refractivity (Wildman–Crippen MR) is 117 cm³/mol. The Hall–Kier alpha value is -4.39. The van der Waals surface area contributed by atoms with Crippen molar-refractivity contribution in [3.05, 3.63) is 107 Å². The van der Waals surface area contributed by atoms with Crippen LogP contribution in [0.15, 0.2) is 90.6 Å². The Morgan fingerprint density at radius 1 is 0.710 bits per heavy atom. The highest BCUT2D eigenvalue weighted by Crippen LogP contribution is 2.20. The van der Waals surface area contributed by atoms with Crippen molar-refractivity contribution in [1.82, 2.24) is 16.2 Å². The zero-order valence-corrected chi connectivity index (χ0v) is 16.8. The molecule has 7 nitrogen and oxygen atoms in total. The molecule has 3 rings (SSSR count). The van der Waals surface area contributed by atoms with Crippen LogP contribution in [0.25, 0.3) is 6.08 Å². The molecule has 3 N–H and O–H groups in total. The molecule has 0 saturated heterocycles. The molecule has 3 aromatic rings. The minimum absolute atomic E-state index is 0.0632. The number of para-hydroxylation sites is 1. The van der Waals surface area contributed by atoms with Gasteiger partial charge in [0.15, 0.2) is 0 Å². The van der Waals surface area contributed by atoms with Crippen LogP contribution in [0.1, 0.15) is 26.3 Å². The van der Waals surface area contributed by atoms with Crippen molar-refractivity contribution in [2.45, 2.75) is 0 Å². The van der Waals surface area contributed by atoms with Crippen LogP contribution in [0.4, 0.5) is 0 Å². The molecule has 31 heavy (non-hydrogen) atoms. The number of nitrogens with one attached hydrogen (secondary N) is 3. The molecule has 0 bridgehead atoms. The molecule has 7 heteroatoms. The highest BCUT2D eigenvalue weighted by atomic mass is 16.5. The molecule has 0 saturated carbocycles. The monoisotopic (exact) mass is 415 g/mol. The number of benzene rings is 3. The molecule has 0 aliphatic carbocycles. The van der Waals surface area contributed by atoms with Gasteiger partial charge in [-0.1, -0.05) is 54.6 Å². The molecule has 0 fully saturated rings. The molecule has 0 unspecified atom stereocenters. The van der Waals surface area contributed by atoms with Crippen molar-refractivity contribution in [2.24, 2.45) is 0 Å². The fraction of sp³-hybridized carbons (Fsp3) is 0.0417. The van der Waals surface area contributed by atoms with Gasteiger partial charge in [0, 0.05) is 16.7 Å². The van der Waals surface area contributed by atoms with Crippen LogP contribution in [0.3, 0.4) is 0 Å². The van der Waals surface area contributed by atoms with Gasteiger partial charge in [-0.2, -0.15) is 0 Å². The van der Waals surface area contributed by atoms with Crippen LogP contribution in [0.5, 0.6) is 5.75 Å². The zero-order valence-electron chi connectivity index (χ0n) is 16.8. The highest BCUT2D eigenvalue weighted by Gasteiger charge is 2.16. The zero-order chi connectivity index (χ0) is 22.1. The molecular formula is C24H21N3O4. The SMILES string of the molecule is COc1ccccc1C=C(NC(=O)c1ccccc1)C(=O)NNC(=O)c1ccccc1. The molecule has 0 heterocycles. The van der Waals surface area contributed by atoms with Gasteiger partial charge < -0.3 is 10.1 Å². The Labute approximate surface area is 179 Å². The number of ether oxygens (including phenoxy) is 1. The maximum Gasteiger partial charge on any atom is 0.286 e. The van der Waals surface area contributed by atoms with Crippen LogP contribution >= 0.6 is 0 Å². The lowest BCUT2D eigenvalue weighted by molar-refractivity contribution is -0.118. The van der Waals surface area contributed by atoms with E-state index in [-0.39, 0.29) is 5.70 Å². The summed E-state index contributed by atoms with van der Waals surface area (Å²) in [5, 5.41) is 2.60. The van der Waals surface area contributed by atoms with E-state index in [0.29, 0.717) is 22.4 Å². The van der Waals surface area contributed by atoms with Gasteiger partial charge >= 0.3 is 0 Å². The Kier molecular flexibility index (Phi) is 7.16. The number of amides is 3. The van der Waals surface area contributed by atoms with Gasteiger partial charge in [-0.05, 0) is 36.4 Å². The number of hydrogen-bond acceptors (Lipinski definition) is 4. The average molecular weight is 415 g/mol. The van der Waals surface area contributed by atoms with Gasteiger partial charge in [-0.25, -0.2) is 0 Å². The van der Waals surface area contributed by atoms with Gasteiger partial charge in [0.1, 0.15) is 11.4 Å². The van der Waals surface area contributed by atoms with E-state index >= 15 is 0 Å². The summed E-state index contributed by atoms with van der Waals surface area (Å²) < 4.78 is 5.31. The maximum atomic E-state index is 12.8. The first-order valence-corrected chi connectivity index (χ1v) is 9.45. The third-order valence-electron chi connectivity index (χ3n) is 4.29. The summed E-state index contributed by atoms with van der Waals surface area (Å²) >= 11 is 0. The van der Waals surface area contributed by atoms with Gasteiger partial charge in [0.2, 0.25) is 0 Å². The molecular weight excluding hydrogens is 394 g/mol. The molecule has 0 spiro atoms. The first-order chi connectivity index (χ1) is 15.1. The van der Waals surface area contributed by atoms with Crippen LogP contribution in [0, 0.1) is 0 Å². The maximum absolute atomic E-state index is 12.8. The molecule has 0 aliphatic rings. The Morgan fingerprint density at radius 3 is 1.87 bits per heavy atom. The van der Waals surface area contributed by atoms with Crippen LogP contribution in [-0.4, -0.2) is 24.8 Å².